The van der Waals surface area contributed by atoms with Gasteiger partial charge in [-0.2, -0.15) is 13.2 Å². The van der Waals surface area contributed by atoms with E-state index < -0.39 is 17.5 Å². The molecule has 0 bridgehead atoms. The highest BCUT2D eigenvalue weighted by Crippen LogP contribution is 2.51. The minimum Gasteiger partial charge on any atom is -0.497 e. The lowest BCUT2D eigenvalue weighted by molar-refractivity contribution is -0.144. The summed E-state index contributed by atoms with van der Waals surface area (Å²) in [6, 6.07) is 18.0. The molecule has 2 heterocycles. The van der Waals surface area contributed by atoms with Gasteiger partial charge in [0.05, 0.1) is 37.3 Å². The molecule has 3 fully saturated rings. The van der Waals surface area contributed by atoms with Gasteiger partial charge in [0.2, 0.25) is 5.82 Å². The fraction of sp³-hybridized carbons (Fsp3) is 0.469. The molecule has 2 saturated carbocycles. The van der Waals surface area contributed by atoms with E-state index in [9.17, 15) is 18.0 Å². The Bertz CT molecular complexity index is 1390. The van der Waals surface area contributed by atoms with E-state index in [2.05, 4.69) is 46.2 Å². The third-order valence-corrected chi connectivity index (χ3v) is 9.47. The molecule has 6 rings (SSSR count). The van der Waals surface area contributed by atoms with E-state index in [0.717, 1.165) is 61.9 Å². The number of hydrogen-bond acceptors (Lipinski definition) is 5. The first-order chi connectivity index (χ1) is 20.1. The molecule has 0 N–H and O–H groups in total. The monoisotopic (exact) mass is 579 g/mol. The molecule has 10 heteroatoms. The van der Waals surface area contributed by atoms with Crippen molar-refractivity contribution in [3.8, 4) is 5.75 Å². The van der Waals surface area contributed by atoms with Crippen LogP contribution in [-0.4, -0.2) is 58.6 Å². The van der Waals surface area contributed by atoms with Gasteiger partial charge in [-0.05, 0) is 74.8 Å². The van der Waals surface area contributed by atoms with Crippen LogP contribution in [0.2, 0.25) is 0 Å². The van der Waals surface area contributed by atoms with Crippen LogP contribution in [0.15, 0.2) is 67.0 Å². The van der Waals surface area contributed by atoms with Crippen molar-refractivity contribution in [3.63, 3.8) is 0 Å². The normalized spacial score (nSPS) is 24.6. The summed E-state index contributed by atoms with van der Waals surface area (Å²) in [6.45, 7) is 1.80. The maximum atomic E-state index is 14.0. The number of alkyl halides is 3. The Morgan fingerprint density at radius 2 is 1.62 bits per heavy atom. The van der Waals surface area contributed by atoms with Gasteiger partial charge in [0.15, 0.2) is 0 Å². The zero-order chi connectivity index (χ0) is 29.5. The van der Waals surface area contributed by atoms with E-state index >= 15 is 0 Å². The summed E-state index contributed by atoms with van der Waals surface area (Å²) in [5.74, 6) is 0.252. The van der Waals surface area contributed by atoms with Crippen molar-refractivity contribution in [3.05, 3.63) is 83.9 Å². The number of nitrogens with zero attached hydrogens (tertiary/aromatic N) is 5. The van der Waals surface area contributed by atoms with Crippen LogP contribution in [0.1, 0.15) is 55.5 Å². The topological polar surface area (TPSA) is 61.8 Å². The van der Waals surface area contributed by atoms with Crippen LogP contribution < -0.4 is 9.64 Å². The second kappa shape index (κ2) is 10.9. The molecule has 42 heavy (non-hydrogen) atoms. The SMILES string of the molecule is COc1ccc(CN2C(=O)N(c3cnc(C(F)(F)F)nc3)CC23CCC(c2ccccc2)(N(C)CC2CC2)CC3)cc1. The first kappa shape index (κ1) is 28.5. The van der Waals surface area contributed by atoms with E-state index in [1.54, 1.807) is 12.0 Å². The van der Waals surface area contributed by atoms with Crippen molar-refractivity contribution < 1.29 is 22.7 Å². The molecule has 2 aliphatic carbocycles. The molecule has 1 saturated heterocycles. The Balaban J connectivity index is 1.32. The molecule has 0 radical (unpaired) electrons. The number of carbonyl (C=O) groups is 1. The predicted molar refractivity (Wildman–Crippen MR) is 153 cm³/mol. The quantitative estimate of drug-likeness (QED) is 0.305. The molecular weight excluding hydrogens is 543 g/mol. The van der Waals surface area contributed by atoms with Gasteiger partial charge >= 0.3 is 12.2 Å². The van der Waals surface area contributed by atoms with E-state index in [1.807, 2.05) is 35.2 Å². The lowest BCUT2D eigenvalue weighted by Gasteiger charge is -2.52. The van der Waals surface area contributed by atoms with Crippen LogP contribution in [0.25, 0.3) is 0 Å². The molecule has 3 aliphatic rings. The van der Waals surface area contributed by atoms with Crippen LogP contribution in [-0.2, 0) is 18.3 Å². The molecular formula is C32H36F3N5O2. The zero-order valence-corrected chi connectivity index (χ0v) is 24.0. The summed E-state index contributed by atoms with van der Waals surface area (Å²) in [7, 11) is 3.84. The highest BCUT2D eigenvalue weighted by molar-refractivity contribution is 5.95. The first-order valence-corrected chi connectivity index (χ1v) is 14.5. The highest BCUT2D eigenvalue weighted by atomic mass is 19.4. The zero-order valence-electron chi connectivity index (χ0n) is 24.0. The molecule has 222 valence electrons. The number of hydrogen-bond donors (Lipinski definition) is 0. The van der Waals surface area contributed by atoms with Gasteiger partial charge in [-0.1, -0.05) is 42.5 Å². The summed E-state index contributed by atoms with van der Waals surface area (Å²) < 4.78 is 44.8. The summed E-state index contributed by atoms with van der Waals surface area (Å²) in [4.78, 5) is 27.1. The minimum atomic E-state index is -4.65. The van der Waals surface area contributed by atoms with Gasteiger partial charge in [-0.3, -0.25) is 9.80 Å². The number of rotatable bonds is 8. The van der Waals surface area contributed by atoms with Crippen LogP contribution in [0, 0.1) is 5.92 Å². The molecule has 2 amide bonds. The van der Waals surface area contributed by atoms with Crippen LogP contribution in [0.5, 0.6) is 5.75 Å². The maximum absolute atomic E-state index is 14.0. The Labute approximate surface area is 244 Å². The third kappa shape index (κ3) is 5.32. The number of benzene rings is 2. The Morgan fingerprint density at radius 3 is 2.19 bits per heavy atom. The van der Waals surface area contributed by atoms with E-state index in [0.29, 0.717) is 13.1 Å². The fourth-order valence-corrected chi connectivity index (χ4v) is 6.81. The molecule has 2 aromatic carbocycles. The van der Waals surface area contributed by atoms with Crippen molar-refractivity contribution in [1.29, 1.82) is 0 Å². The van der Waals surface area contributed by atoms with Crippen molar-refractivity contribution in [1.82, 2.24) is 19.8 Å². The van der Waals surface area contributed by atoms with E-state index in [4.69, 9.17) is 4.74 Å². The Kier molecular flexibility index (Phi) is 7.37. The number of anilines is 1. The average Bonchev–Trinajstić information content (AvgIpc) is 3.79. The molecule has 0 unspecified atom stereocenters. The number of aromatic nitrogens is 2. The number of carbonyl (C=O) groups excluding carboxylic acids is 1. The third-order valence-electron chi connectivity index (χ3n) is 9.47. The summed E-state index contributed by atoms with van der Waals surface area (Å²) in [5.41, 5.74) is 1.89. The number of methoxy groups -OCH3 is 1. The average molecular weight is 580 g/mol. The second-order valence-corrected chi connectivity index (χ2v) is 12.0. The highest BCUT2D eigenvalue weighted by Gasteiger charge is 2.55. The summed E-state index contributed by atoms with van der Waals surface area (Å²) >= 11 is 0. The number of halogens is 3. The molecule has 7 nitrogen and oxygen atoms in total. The van der Waals surface area contributed by atoms with Crippen molar-refractivity contribution in [2.24, 2.45) is 5.92 Å². The van der Waals surface area contributed by atoms with Gasteiger partial charge in [0.1, 0.15) is 5.75 Å². The van der Waals surface area contributed by atoms with Gasteiger partial charge in [0.25, 0.3) is 0 Å². The molecule has 1 aliphatic heterocycles. The van der Waals surface area contributed by atoms with Crippen LogP contribution >= 0.6 is 0 Å². The van der Waals surface area contributed by atoms with E-state index in [1.165, 1.54) is 18.4 Å². The predicted octanol–water partition coefficient (Wildman–Crippen LogP) is 6.50. The van der Waals surface area contributed by atoms with E-state index in [-0.39, 0.29) is 17.3 Å². The molecule has 3 aromatic rings. The van der Waals surface area contributed by atoms with Crippen molar-refractivity contribution in [2.75, 3.05) is 32.1 Å². The summed E-state index contributed by atoms with van der Waals surface area (Å²) in [5, 5.41) is 0. The standard InChI is InChI=1S/C32H36F3N5O2/c1-38(20-23-8-9-23)31(25-6-4-3-5-7-25)16-14-30(15-17-31)22-39(26-18-36-28(37-19-26)32(33,34)35)29(41)40(30)21-24-10-12-27(42-2)13-11-24/h3-7,10-13,18-19,23H,8-9,14-17,20-22H2,1-2H3. The Hall–Kier alpha value is -3.66. The van der Waals surface area contributed by atoms with Gasteiger partial charge in [0, 0.05) is 18.6 Å². The fourth-order valence-electron chi connectivity index (χ4n) is 6.81. The second-order valence-electron chi connectivity index (χ2n) is 12.0. The van der Waals surface area contributed by atoms with Gasteiger partial charge in [-0.15, -0.1) is 0 Å². The lowest BCUT2D eigenvalue weighted by atomic mass is 9.68. The van der Waals surface area contributed by atoms with Crippen LogP contribution in [0.3, 0.4) is 0 Å². The number of ether oxygens (including phenoxy) is 1. The first-order valence-electron chi connectivity index (χ1n) is 14.5. The maximum Gasteiger partial charge on any atom is 0.451 e. The molecule has 0 atom stereocenters. The molecule has 1 spiro atoms. The van der Waals surface area contributed by atoms with Gasteiger partial charge in [-0.25, -0.2) is 14.8 Å². The largest absolute Gasteiger partial charge is 0.497 e. The molecule has 1 aromatic heterocycles. The minimum absolute atomic E-state index is 0.144. The van der Waals surface area contributed by atoms with Crippen LogP contribution in [0.4, 0.5) is 23.7 Å². The smallest absolute Gasteiger partial charge is 0.451 e. The van der Waals surface area contributed by atoms with Crippen molar-refractivity contribution >= 4 is 11.7 Å². The lowest BCUT2D eigenvalue weighted by Crippen LogP contribution is -2.56. The summed E-state index contributed by atoms with van der Waals surface area (Å²) in [6.07, 6.45) is 3.37. The number of amides is 2. The number of urea groups is 1. The van der Waals surface area contributed by atoms with Gasteiger partial charge < -0.3 is 9.64 Å². The Morgan fingerprint density at radius 1 is 0.976 bits per heavy atom. The van der Waals surface area contributed by atoms with Crippen molar-refractivity contribution in [2.45, 2.75) is 62.3 Å².